The Morgan fingerprint density at radius 3 is 1.65 bits per heavy atom. The Bertz CT molecular complexity index is 470. The van der Waals surface area contributed by atoms with E-state index in [-0.39, 0.29) is 0 Å². The molecule has 0 aliphatic heterocycles. The van der Waals surface area contributed by atoms with E-state index in [1.165, 1.54) is 0 Å². The van der Waals surface area contributed by atoms with Crippen LogP contribution in [0.5, 0.6) is 0 Å². The number of unbranched alkanes of at least 4 members (excludes halogenated alkanes) is 2. The smallest absolute Gasteiger partial charge is 0.124 e. The molecule has 3 nitrogen and oxygen atoms in total. The van der Waals surface area contributed by atoms with Gasteiger partial charge in [0.2, 0.25) is 0 Å². The largest absolute Gasteiger partial charge is 0.324 e. The van der Waals surface area contributed by atoms with Crippen LogP contribution < -0.4 is 0 Å². The molecule has 0 saturated heterocycles. The van der Waals surface area contributed by atoms with Gasteiger partial charge in [0.1, 0.15) is 23.5 Å². The molecule has 0 bridgehead atoms. The zero-order valence-electron chi connectivity index (χ0n) is 13.0. The fourth-order valence-electron chi connectivity index (χ4n) is 2.76. The number of nitriles is 2. The highest BCUT2D eigenvalue weighted by molar-refractivity contribution is 5.49. The van der Waals surface area contributed by atoms with Gasteiger partial charge in [0, 0.05) is 6.54 Å². The minimum Gasteiger partial charge on any atom is -0.324 e. The Morgan fingerprint density at radius 2 is 1.30 bits per heavy atom. The molecule has 1 aromatic rings. The van der Waals surface area contributed by atoms with Gasteiger partial charge in [-0.25, -0.2) is 0 Å². The minimum absolute atomic E-state index is 0.725. The minimum atomic E-state index is 0.725. The summed E-state index contributed by atoms with van der Waals surface area (Å²) in [5.41, 5.74) is 3.68. The predicted octanol–water partition coefficient (Wildman–Crippen LogP) is 4.33. The van der Waals surface area contributed by atoms with Crippen molar-refractivity contribution in [3.05, 3.63) is 22.5 Å². The highest BCUT2D eigenvalue weighted by atomic mass is 15.0. The summed E-state index contributed by atoms with van der Waals surface area (Å²) in [6.45, 7) is 7.20. The lowest BCUT2D eigenvalue weighted by Crippen LogP contribution is -2.04. The van der Waals surface area contributed by atoms with E-state index in [4.69, 9.17) is 0 Å². The molecule has 0 aliphatic rings. The third-order valence-electron chi connectivity index (χ3n) is 3.67. The first-order valence-corrected chi connectivity index (χ1v) is 7.79. The molecule has 0 unspecified atom stereocenters. The number of hydrogen-bond donors (Lipinski definition) is 0. The summed E-state index contributed by atoms with van der Waals surface area (Å²) in [6.07, 6.45) is 7.13. The Morgan fingerprint density at radius 1 is 0.800 bits per heavy atom. The van der Waals surface area contributed by atoms with Crippen LogP contribution in [0.3, 0.4) is 0 Å². The van der Waals surface area contributed by atoms with Gasteiger partial charge in [0.25, 0.3) is 0 Å². The average molecular weight is 271 g/mol. The first kappa shape index (κ1) is 16.3. The standard InChI is InChI=1S/C17H25N3/c1-4-7-8-11-20-16(12-18)14(9-5-2)15(10-6-3)17(20)13-19/h4-11H2,1-3H3. The molecule has 0 spiro atoms. The molecular weight excluding hydrogens is 246 g/mol. The maximum absolute atomic E-state index is 9.50. The zero-order chi connectivity index (χ0) is 15.0. The van der Waals surface area contributed by atoms with Crippen molar-refractivity contribution in [1.29, 1.82) is 10.5 Å². The van der Waals surface area contributed by atoms with Crippen LogP contribution >= 0.6 is 0 Å². The highest BCUT2D eigenvalue weighted by Crippen LogP contribution is 2.26. The van der Waals surface area contributed by atoms with Crippen molar-refractivity contribution in [2.45, 2.75) is 72.3 Å². The molecule has 3 heteroatoms. The third-order valence-corrected chi connectivity index (χ3v) is 3.67. The van der Waals surface area contributed by atoms with Gasteiger partial charge in [0.15, 0.2) is 0 Å². The molecule has 0 aliphatic carbocycles. The van der Waals surface area contributed by atoms with Crippen molar-refractivity contribution in [1.82, 2.24) is 4.57 Å². The molecular formula is C17H25N3. The van der Waals surface area contributed by atoms with Crippen LogP contribution in [0.2, 0.25) is 0 Å². The first-order chi connectivity index (χ1) is 9.74. The molecule has 0 atom stereocenters. The molecule has 20 heavy (non-hydrogen) atoms. The van der Waals surface area contributed by atoms with E-state index in [9.17, 15) is 10.5 Å². The number of rotatable bonds is 8. The molecule has 108 valence electrons. The first-order valence-electron chi connectivity index (χ1n) is 7.79. The Kier molecular flexibility index (Phi) is 6.88. The summed E-state index contributed by atoms with van der Waals surface area (Å²) >= 11 is 0. The van der Waals surface area contributed by atoms with Gasteiger partial charge < -0.3 is 4.57 Å². The average Bonchev–Trinajstić information content (AvgIpc) is 2.73. The van der Waals surface area contributed by atoms with Crippen LogP contribution in [0.25, 0.3) is 0 Å². The van der Waals surface area contributed by atoms with Gasteiger partial charge in [-0.3, -0.25) is 0 Å². The molecule has 1 rings (SSSR count). The van der Waals surface area contributed by atoms with E-state index in [2.05, 4.69) is 32.9 Å². The van der Waals surface area contributed by atoms with Gasteiger partial charge in [-0.15, -0.1) is 0 Å². The van der Waals surface area contributed by atoms with Crippen molar-refractivity contribution in [3.63, 3.8) is 0 Å². The van der Waals surface area contributed by atoms with E-state index >= 15 is 0 Å². The van der Waals surface area contributed by atoms with E-state index in [0.717, 1.165) is 74.0 Å². The molecule has 0 amide bonds. The van der Waals surface area contributed by atoms with Gasteiger partial charge in [-0.1, -0.05) is 46.5 Å². The molecule has 0 N–H and O–H groups in total. The Labute approximate surface area is 122 Å². The van der Waals surface area contributed by atoms with Crippen molar-refractivity contribution in [2.24, 2.45) is 0 Å². The van der Waals surface area contributed by atoms with Crippen LogP contribution in [-0.2, 0) is 19.4 Å². The third kappa shape index (κ3) is 3.42. The van der Waals surface area contributed by atoms with Crippen LogP contribution in [-0.4, -0.2) is 4.57 Å². The maximum atomic E-state index is 9.50. The lowest BCUT2D eigenvalue weighted by atomic mass is 10.0. The lowest BCUT2D eigenvalue weighted by Gasteiger charge is -2.06. The zero-order valence-corrected chi connectivity index (χ0v) is 13.0. The molecule has 0 fully saturated rings. The summed E-state index contributed by atoms with van der Waals surface area (Å²) in [5, 5.41) is 19.0. The fraction of sp³-hybridized carbons (Fsp3) is 0.647. The second-order valence-electron chi connectivity index (χ2n) is 5.24. The molecule has 1 heterocycles. The summed E-state index contributed by atoms with van der Waals surface area (Å²) in [5.74, 6) is 0. The van der Waals surface area contributed by atoms with Gasteiger partial charge in [-0.05, 0) is 30.4 Å². The summed E-state index contributed by atoms with van der Waals surface area (Å²) < 4.78 is 1.96. The molecule has 1 aromatic heterocycles. The molecule has 0 saturated carbocycles. The van der Waals surface area contributed by atoms with Crippen LogP contribution in [0.4, 0.5) is 0 Å². The van der Waals surface area contributed by atoms with Crippen LogP contribution in [0.15, 0.2) is 0 Å². The Hall–Kier alpha value is -1.74. The fourth-order valence-corrected chi connectivity index (χ4v) is 2.76. The quantitative estimate of drug-likeness (QED) is 0.661. The van der Waals surface area contributed by atoms with Crippen molar-refractivity contribution >= 4 is 0 Å². The number of hydrogen-bond acceptors (Lipinski definition) is 2. The normalized spacial score (nSPS) is 10.2. The second kappa shape index (κ2) is 8.43. The summed E-state index contributed by atoms with van der Waals surface area (Å²) in [4.78, 5) is 0. The number of aromatic nitrogens is 1. The van der Waals surface area contributed by atoms with E-state index in [1.807, 2.05) is 4.57 Å². The number of nitrogens with zero attached hydrogens (tertiary/aromatic N) is 3. The molecule has 0 radical (unpaired) electrons. The summed E-state index contributed by atoms with van der Waals surface area (Å²) in [6, 6.07) is 4.68. The van der Waals surface area contributed by atoms with E-state index < -0.39 is 0 Å². The van der Waals surface area contributed by atoms with Gasteiger partial charge >= 0.3 is 0 Å². The van der Waals surface area contributed by atoms with E-state index in [1.54, 1.807) is 0 Å². The highest BCUT2D eigenvalue weighted by Gasteiger charge is 2.21. The van der Waals surface area contributed by atoms with Crippen molar-refractivity contribution < 1.29 is 0 Å². The van der Waals surface area contributed by atoms with Crippen molar-refractivity contribution in [3.8, 4) is 12.1 Å². The monoisotopic (exact) mass is 271 g/mol. The Balaban J connectivity index is 3.29. The SMILES string of the molecule is CCCCCn1c(C#N)c(CCC)c(CCC)c1C#N. The van der Waals surface area contributed by atoms with Gasteiger partial charge in [-0.2, -0.15) is 10.5 Å². The summed E-state index contributed by atoms with van der Waals surface area (Å²) in [7, 11) is 0. The maximum Gasteiger partial charge on any atom is 0.124 e. The van der Waals surface area contributed by atoms with Crippen LogP contribution in [0, 0.1) is 22.7 Å². The van der Waals surface area contributed by atoms with Gasteiger partial charge in [0.05, 0.1) is 0 Å². The second-order valence-corrected chi connectivity index (χ2v) is 5.24. The van der Waals surface area contributed by atoms with E-state index in [0.29, 0.717) is 0 Å². The predicted molar refractivity (Wildman–Crippen MR) is 81.4 cm³/mol. The van der Waals surface area contributed by atoms with Crippen molar-refractivity contribution in [2.75, 3.05) is 0 Å². The topological polar surface area (TPSA) is 52.5 Å². The molecule has 0 aromatic carbocycles. The van der Waals surface area contributed by atoms with Crippen LogP contribution in [0.1, 0.15) is 75.4 Å². The lowest BCUT2D eigenvalue weighted by molar-refractivity contribution is 0.594.